The summed E-state index contributed by atoms with van der Waals surface area (Å²) in [5.41, 5.74) is 0.962. The highest BCUT2D eigenvalue weighted by atomic mass is 35.5. The average molecular weight is 368 g/mol. The van der Waals surface area contributed by atoms with Crippen LogP contribution in [-0.4, -0.2) is 31.4 Å². The molecule has 0 N–H and O–H groups in total. The minimum absolute atomic E-state index is 0.00942. The van der Waals surface area contributed by atoms with Crippen molar-refractivity contribution in [3.63, 3.8) is 0 Å². The maximum absolute atomic E-state index is 6.03. The molecular weight excluding hydrogens is 353 g/mol. The van der Waals surface area contributed by atoms with E-state index in [0.29, 0.717) is 46.1 Å². The van der Waals surface area contributed by atoms with E-state index in [-0.39, 0.29) is 6.10 Å². The Labute approximate surface area is 149 Å². The predicted molar refractivity (Wildman–Crippen MR) is 91.3 cm³/mol. The maximum atomic E-state index is 6.03. The van der Waals surface area contributed by atoms with Crippen LogP contribution in [0.5, 0.6) is 11.5 Å². The van der Waals surface area contributed by atoms with Gasteiger partial charge in [0.25, 0.3) is 0 Å². The molecule has 1 saturated heterocycles. The number of benzene rings is 1. The van der Waals surface area contributed by atoms with Crippen LogP contribution in [0.2, 0.25) is 10.0 Å². The Morgan fingerprint density at radius 3 is 2.62 bits per heavy atom. The standard InChI is InChI=1S/C16H15Cl2N3O3/c1-22-14-3-2-10(6-15(14)24-11-4-5-23-9-11)20-21-16-12(17)7-19-8-13(16)18/h2-3,6-8,11H,4-5,9H2,1H3. The van der Waals surface area contributed by atoms with E-state index < -0.39 is 0 Å². The smallest absolute Gasteiger partial charge is 0.163 e. The van der Waals surface area contributed by atoms with E-state index in [2.05, 4.69) is 15.2 Å². The van der Waals surface area contributed by atoms with Crippen LogP contribution in [0.4, 0.5) is 11.4 Å². The number of azo groups is 1. The fourth-order valence-corrected chi connectivity index (χ4v) is 2.65. The molecule has 1 atom stereocenters. The zero-order valence-electron chi connectivity index (χ0n) is 12.9. The first-order chi connectivity index (χ1) is 11.7. The number of hydrogen-bond acceptors (Lipinski definition) is 6. The molecule has 0 bridgehead atoms. The van der Waals surface area contributed by atoms with E-state index in [1.807, 2.05) is 0 Å². The van der Waals surface area contributed by atoms with Crippen molar-refractivity contribution in [3.8, 4) is 11.5 Å². The Morgan fingerprint density at radius 1 is 1.17 bits per heavy atom. The molecule has 1 aromatic heterocycles. The number of nitrogens with zero attached hydrogens (tertiary/aromatic N) is 3. The lowest BCUT2D eigenvalue weighted by atomic mass is 10.2. The van der Waals surface area contributed by atoms with Crippen LogP contribution < -0.4 is 9.47 Å². The maximum Gasteiger partial charge on any atom is 0.163 e. The van der Waals surface area contributed by atoms with Crippen molar-refractivity contribution in [1.29, 1.82) is 0 Å². The van der Waals surface area contributed by atoms with Crippen LogP contribution in [0.3, 0.4) is 0 Å². The summed E-state index contributed by atoms with van der Waals surface area (Å²) in [7, 11) is 1.59. The van der Waals surface area contributed by atoms with Crippen LogP contribution in [0, 0.1) is 0 Å². The quantitative estimate of drug-likeness (QED) is 0.698. The van der Waals surface area contributed by atoms with Gasteiger partial charge in [0.15, 0.2) is 11.5 Å². The molecule has 2 heterocycles. The van der Waals surface area contributed by atoms with Gasteiger partial charge in [0.05, 0.1) is 36.1 Å². The SMILES string of the molecule is COc1ccc(N=Nc2c(Cl)cncc2Cl)cc1OC1CCOC1. The molecule has 24 heavy (non-hydrogen) atoms. The molecule has 1 aliphatic heterocycles. The molecule has 1 aliphatic rings. The molecule has 6 nitrogen and oxygen atoms in total. The molecule has 0 aliphatic carbocycles. The van der Waals surface area contributed by atoms with E-state index in [0.717, 1.165) is 6.42 Å². The number of ether oxygens (including phenoxy) is 3. The van der Waals surface area contributed by atoms with Crippen molar-refractivity contribution < 1.29 is 14.2 Å². The molecule has 8 heteroatoms. The van der Waals surface area contributed by atoms with Crippen molar-refractivity contribution in [2.45, 2.75) is 12.5 Å². The minimum atomic E-state index is 0.00942. The van der Waals surface area contributed by atoms with Crippen molar-refractivity contribution in [2.24, 2.45) is 10.2 Å². The predicted octanol–water partition coefficient (Wildman–Crippen LogP) is 4.98. The zero-order chi connectivity index (χ0) is 16.9. The molecular formula is C16H15Cl2N3O3. The third kappa shape index (κ3) is 3.95. The second-order valence-electron chi connectivity index (χ2n) is 5.09. The van der Waals surface area contributed by atoms with E-state index in [9.17, 15) is 0 Å². The number of rotatable bonds is 5. The summed E-state index contributed by atoms with van der Waals surface area (Å²) in [5, 5.41) is 8.94. The number of pyridine rings is 1. The van der Waals surface area contributed by atoms with Gasteiger partial charge in [-0.1, -0.05) is 23.2 Å². The number of methoxy groups -OCH3 is 1. The molecule has 0 saturated carbocycles. The first-order valence-corrected chi connectivity index (χ1v) is 8.06. The summed E-state index contributed by atoms with van der Waals surface area (Å²) >= 11 is 12.1. The summed E-state index contributed by atoms with van der Waals surface area (Å²) < 4.78 is 16.6. The molecule has 126 valence electrons. The van der Waals surface area contributed by atoms with Crippen molar-refractivity contribution in [3.05, 3.63) is 40.6 Å². The van der Waals surface area contributed by atoms with Gasteiger partial charge in [-0.25, -0.2) is 0 Å². The molecule has 0 amide bonds. The Kier molecular flexibility index (Phi) is 5.50. The first-order valence-electron chi connectivity index (χ1n) is 7.30. The van der Waals surface area contributed by atoms with Crippen LogP contribution in [-0.2, 0) is 4.74 Å². The Hall–Kier alpha value is -1.89. The van der Waals surface area contributed by atoms with Crippen molar-refractivity contribution in [2.75, 3.05) is 20.3 Å². The van der Waals surface area contributed by atoms with Gasteiger partial charge in [0.2, 0.25) is 0 Å². The van der Waals surface area contributed by atoms with Crippen LogP contribution in [0.15, 0.2) is 40.8 Å². The lowest BCUT2D eigenvalue weighted by Crippen LogP contribution is -2.16. The zero-order valence-corrected chi connectivity index (χ0v) is 14.4. The normalized spacial score (nSPS) is 17.4. The molecule has 3 rings (SSSR count). The molecule has 0 spiro atoms. The topological polar surface area (TPSA) is 65.3 Å². The van der Waals surface area contributed by atoms with E-state index >= 15 is 0 Å². The van der Waals surface area contributed by atoms with Gasteiger partial charge in [0.1, 0.15) is 11.8 Å². The molecule has 1 unspecified atom stereocenters. The second kappa shape index (κ2) is 7.79. The molecule has 1 fully saturated rings. The van der Waals surface area contributed by atoms with Gasteiger partial charge >= 0.3 is 0 Å². The fourth-order valence-electron chi connectivity index (χ4n) is 2.21. The Morgan fingerprint density at radius 2 is 1.96 bits per heavy atom. The third-order valence-electron chi connectivity index (χ3n) is 3.42. The molecule has 2 aromatic rings. The third-order valence-corrected chi connectivity index (χ3v) is 3.98. The van der Waals surface area contributed by atoms with Crippen molar-refractivity contribution >= 4 is 34.6 Å². The van der Waals surface area contributed by atoms with Gasteiger partial charge in [-0.15, -0.1) is 5.11 Å². The van der Waals surface area contributed by atoms with Gasteiger partial charge in [-0.3, -0.25) is 4.98 Å². The summed E-state index contributed by atoms with van der Waals surface area (Å²) in [6.45, 7) is 1.27. The van der Waals surface area contributed by atoms with Gasteiger partial charge in [-0.05, 0) is 12.1 Å². The van der Waals surface area contributed by atoms with Crippen molar-refractivity contribution in [1.82, 2.24) is 4.98 Å². The largest absolute Gasteiger partial charge is 0.493 e. The number of aromatic nitrogens is 1. The van der Waals surface area contributed by atoms with Gasteiger partial charge in [-0.2, -0.15) is 5.11 Å². The van der Waals surface area contributed by atoms with Crippen LogP contribution in [0.1, 0.15) is 6.42 Å². The Bertz CT molecular complexity index is 729. The minimum Gasteiger partial charge on any atom is -0.493 e. The second-order valence-corrected chi connectivity index (χ2v) is 5.90. The highest BCUT2D eigenvalue weighted by Crippen LogP contribution is 2.36. The lowest BCUT2D eigenvalue weighted by Gasteiger charge is -2.15. The molecule has 1 aromatic carbocycles. The summed E-state index contributed by atoms with van der Waals surface area (Å²) in [4.78, 5) is 3.88. The lowest BCUT2D eigenvalue weighted by molar-refractivity contribution is 0.138. The number of halogens is 2. The fraction of sp³-hybridized carbons (Fsp3) is 0.312. The van der Waals surface area contributed by atoms with Gasteiger partial charge < -0.3 is 14.2 Å². The van der Waals surface area contributed by atoms with Crippen LogP contribution in [0.25, 0.3) is 0 Å². The number of hydrogen-bond donors (Lipinski definition) is 0. The van der Waals surface area contributed by atoms with Crippen LogP contribution >= 0.6 is 23.2 Å². The summed E-state index contributed by atoms with van der Waals surface area (Å²) in [6, 6.07) is 5.29. The molecule has 0 radical (unpaired) electrons. The summed E-state index contributed by atoms with van der Waals surface area (Å²) in [6.07, 6.45) is 3.78. The highest BCUT2D eigenvalue weighted by molar-refractivity contribution is 6.38. The van der Waals surface area contributed by atoms with E-state index in [1.54, 1.807) is 25.3 Å². The monoisotopic (exact) mass is 367 g/mol. The average Bonchev–Trinajstić information content (AvgIpc) is 3.08. The van der Waals surface area contributed by atoms with E-state index in [4.69, 9.17) is 37.4 Å². The first kappa shape index (κ1) is 17.0. The Balaban J connectivity index is 1.84. The van der Waals surface area contributed by atoms with Gasteiger partial charge in [0, 0.05) is 24.9 Å². The highest BCUT2D eigenvalue weighted by Gasteiger charge is 2.19. The summed E-state index contributed by atoms with van der Waals surface area (Å²) in [5.74, 6) is 1.22. The van der Waals surface area contributed by atoms with E-state index in [1.165, 1.54) is 12.4 Å².